The molecule has 4 unspecified atom stereocenters. The highest BCUT2D eigenvalue weighted by atomic mass is 79.9. The second-order valence-corrected chi connectivity index (χ2v) is 23.4. The van der Waals surface area contributed by atoms with Gasteiger partial charge in [0.15, 0.2) is 0 Å². The number of rotatable bonds is 15. The summed E-state index contributed by atoms with van der Waals surface area (Å²) in [6.45, 7) is 14.8. The molecule has 4 atom stereocenters. The zero-order chi connectivity index (χ0) is 36.7. The first-order valence-electron chi connectivity index (χ1n) is 22.3. The Morgan fingerprint density at radius 2 is 0.731 bits per heavy atom. The van der Waals surface area contributed by atoms with Crippen molar-refractivity contribution in [2.24, 2.45) is 32.5 Å². The van der Waals surface area contributed by atoms with Gasteiger partial charge in [-0.1, -0.05) is 123 Å². The van der Waals surface area contributed by atoms with E-state index in [-0.39, 0.29) is 0 Å². The molecule has 0 heterocycles. The molecular weight excluding hydrogens is 760 g/mol. The predicted molar refractivity (Wildman–Crippen MR) is 229 cm³/mol. The summed E-state index contributed by atoms with van der Waals surface area (Å²) in [4.78, 5) is 0. The first-order valence-corrected chi connectivity index (χ1v) is 23.9. The van der Waals surface area contributed by atoms with Gasteiger partial charge in [0.1, 0.15) is 0 Å². The summed E-state index contributed by atoms with van der Waals surface area (Å²) >= 11 is 7.81. The molecule has 0 aliphatic heterocycles. The van der Waals surface area contributed by atoms with E-state index in [1.807, 2.05) is 0 Å². The third-order valence-corrected chi connectivity index (χ3v) is 18.4. The average molecular weight is 833 g/mol. The number of hydrogen-bond donors (Lipinski definition) is 0. The molecule has 2 aromatic rings. The van der Waals surface area contributed by atoms with Gasteiger partial charge in [0.25, 0.3) is 0 Å². The summed E-state index contributed by atoms with van der Waals surface area (Å²) in [5, 5.41) is 0. The van der Waals surface area contributed by atoms with Crippen molar-refractivity contribution in [1.29, 1.82) is 0 Å². The Kier molecular flexibility index (Phi) is 9.95. The lowest BCUT2D eigenvalue weighted by Gasteiger charge is -2.81. The fourth-order valence-corrected chi connectivity index (χ4v) is 18.5. The molecule has 0 spiro atoms. The molecule has 0 aromatic heterocycles. The van der Waals surface area contributed by atoms with Crippen molar-refractivity contribution < 1.29 is 0 Å². The van der Waals surface area contributed by atoms with Crippen LogP contribution in [0, 0.1) is 46.3 Å². The molecule has 8 aliphatic rings. The summed E-state index contributed by atoms with van der Waals surface area (Å²) in [5.74, 6) is 0. The molecule has 10 rings (SSSR count). The van der Waals surface area contributed by atoms with Crippen molar-refractivity contribution in [2.45, 2.75) is 206 Å². The van der Waals surface area contributed by atoms with Gasteiger partial charge in [-0.3, -0.25) is 0 Å². The van der Waals surface area contributed by atoms with E-state index in [0.29, 0.717) is 43.3 Å². The van der Waals surface area contributed by atoms with Crippen LogP contribution in [-0.4, -0.2) is 0 Å². The highest BCUT2D eigenvalue weighted by Crippen LogP contribution is 2.87. The molecule has 8 fully saturated rings. The molecule has 52 heavy (non-hydrogen) atoms. The lowest BCUT2D eigenvalue weighted by molar-refractivity contribution is -0.288. The lowest BCUT2D eigenvalue weighted by atomic mass is 9.23. The molecule has 0 amide bonds. The zero-order valence-electron chi connectivity index (χ0n) is 34.2. The van der Waals surface area contributed by atoms with Crippen molar-refractivity contribution in [3.63, 3.8) is 0 Å². The normalized spacial score (nSPS) is 41.3. The zero-order valence-corrected chi connectivity index (χ0v) is 37.4. The number of hydrogen-bond acceptors (Lipinski definition) is 0. The van der Waals surface area contributed by atoms with Crippen LogP contribution in [0.4, 0.5) is 0 Å². The van der Waals surface area contributed by atoms with E-state index in [1.54, 1.807) is 47.9 Å². The maximum absolute atomic E-state index is 3.90. The van der Waals surface area contributed by atoms with Crippen molar-refractivity contribution in [3.05, 3.63) is 67.6 Å². The number of halogens is 2. The predicted octanol–water partition coefficient (Wildman–Crippen LogP) is 16.4. The Labute approximate surface area is 336 Å². The van der Waals surface area contributed by atoms with E-state index >= 15 is 0 Å². The number of unbranched alkanes of at least 4 members (excludes halogenated alkanes) is 4. The molecule has 8 saturated carbocycles. The Balaban J connectivity index is 1.37. The van der Waals surface area contributed by atoms with Crippen molar-refractivity contribution in [1.82, 2.24) is 0 Å². The molecule has 8 aliphatic carbocycles. The van der Waals surface area contributed by atoms with Crippen LogP contribution in [-0.2, 0) is 10.8 Å². The monoisotopic (exact) mass is 830 g/mol. The van der Waals surface area contributed by atoms with Crippen LogP contribution in [0.25, 0.3) is 0 Å². The number of benzene rings is 2. The molecule has 2 aromatic carbocycles. The first kappa shape index (κ1) is 38.3. The van der Waals surface area contributed by atoms with Crippen LogP contribution < -0.4 is 0 Å². The van der Waals surface area contributed by atoms with Crippen LogP contribution in [0.1, 0.15) is 204 Å². The summed E-state index contributed by atoms with van der Waals surface area (Å²) in [6, 6.07) is 15.0. The molecule has 0 N–H and O–H groups in total. The van der Waals surface area contributed by atoms with Gasteiger partial charge in [-0.05, 0) is 206 Å². The molecule has 286 valence electrons. The third kappa shape index (κ3) is 6.04. The first-order chi connectivity index (χ1) is 24.8. The van der Waals surface area contributed by atoms with Gasteiger partial charge in [0.2, 0.25) is 0 Å². The second-order valence-electron chi connectivity index (χ2n) is 21.6. The summed E-state index contributed by atoms with van der Waals surface area (Å²) < 4.78 is 2.52. The van der Waals surface area contributed by atoms with Gasteiger partial charge in [-0.15, -0.1) is 0 Å². The maximum Gasteiger partial charge on any atom is 0.0178 e. The highest BCUT2D eigenvalue weighted by molar-refractivity contribution is 9.10. The van der Waals surface area contributed by atoms with Crippen LogP contribution in [0.3, 0.4) is 0 Å². The fourth-order valence-electron chi connectivity index (χ4n) is 17.5. The van der Waals surface area contributed by atoms with E-state index in [2.05, 4.69) is 110 Å². The van der Waals surface area contributed by atoms with E-state index in [0.717, 1.165) is 0 Å². The average Bonchev–Trinajstić information content (AvgIpc) is 3.07. The molecule has 0 radical (unpaired) electrons. The minimum Gasteiger partial charge on any atom is -0.0654 e. The standard InChI is InChI=1S/C50H72Br2/c1-7-11-19-43-25-44(20-12-8-2)28-47(27-43,41-17-15-39(51)23-37(41)5)35-49(31-43,32-44)50-33-45(21-13-9-3)26-46(34-50,22-14-10-4)30-48(29-45,36-50)42-18-16-40(52)24-38(42)6/h15-18,23-24H,7-14,19-22,25-36H2,1-6H3. The topological polar surface area (TPSA) is 0 Å². The molecule has 2 heteroatoms. The SMILES string of the molecule is CCCCC12CC3(CCCC)CC(c4ccc(Br)cc4C)(C1)CC(C14CC5(CCCC)CC(CCCC)(CC(c6ccc(Br)cc6C)(C5)C1)C4)(C2)C3. The molecule has 0 saturated heterocycles. The Hall–Kier alpha value is -0.600. The van der Waals surface area contributed by atoms with E-state index < -0.39 is 0 Å². The minimum absolute atomic E-state index is 0.332. The van der Waals surface area contributed by atoms with Gasteiger partial charge in [0.05, 0.1) is 0 Å². The third-order valence-electron chi connectivity index (χ3n) is 17.4. The summed E-state index contributed by atoms with van der Waals surface area (Å²) in [5.41, 5.74) is 10.2. The molecular formula is C50H72Br2. The lowest BCUT2D eigenvalue weighted by Crippen LogP contribution is -2.72. The van der Waals surface area contributed by atoms with Gasteiger partial charge < -0.3 is 0 Å². The van der Waals surface area contributed by atoms with Gasteiger partial charge in [-0.2, -0.15) is 0 Å². The van der Waals surface area contributed by atoms with Crippen LogP contribution in [0.5, 0.6) is 0 Å². The fraction of sp³-hybridized carbons (Fsp3) is 0.760. The Bertz CT molecular complexity index is 1480. The van der Waals surface area contributed by atoms with Crippen LogP contribution in [0.2, 0.25) is 0 Å². The van der Waals surface area contributed by atoms with Crippen molar-refractivity contribution in [2.75, 3.05) is 0 Å². The van der Waals surface area contributed by atoms with Crippen molar-refractivity contribution in [3.8, 4) is 0 Å². The summed E-state index contributed by atoms with van der Waals surface area (Å²) in [6.07, 6.45) is 35.1. The van der Waals surface area contributed by atoms with Crippen LogP contribution >= 0.6 is 31.9 Å². The largest absolute Gasteiger partial charge is 0.0654 e. The Morgan fingerprint density at radius 1 is 0.423 bits per heavy atom. The van der Waals surface area contributed by atoms with Crippen LogP contribution in [0.15, 0.2) is 45.3 Å². The van der Waals surface area contributed by atoms with Gasteiger partial charge >= 0.3 is 0 Å². The quantitative estimate of drug-likeness (QED) is 0.168. The smallest absolute Gasteiger partial charge is 0.0178 e. The van der Waals surface area contributed by atoms with Gasteiger partial charge in [-0.25, -0.2) is 0 Å². The Morgan fingerprint density at radius 3 is 1.00 bits per heavy atom. The highest BCUT2D eigenvalue weighted by Gasteiger charge is 2.78. The van der Waals surface area contributed by atoms with E-state index in [9.17, 15) is 0 Å². The molecule has 8 bridgehead atoms. The van der Waals surface area contributed by atoms with Gasteiger partial charge in [0, 0.05) is 8.95 Å². The summed E-state index contributed by atoms with van der Waals surface area (Å²) in [7, 11) is 0. The van der Waals surface area contributed by atoms with E-state index in [4.69, 9.17) is 0 Å². The molecule has 0 nitrogen and oxygen atoms in total. The second kappa shape index (κ2) is 13.5. The maximum atomic E-state index is 3.90. The van der Waals surface area contributed by atoms with E-state index in [1.165, 1.54) is 137 Å². The minimum atomic E-state index is 0.332. The number of aryl methyl sites for hydroxylation is 2. The van der Waals surface area contributed by atoms with Crippen molar-refractivity contribution >= 4 is 31.9 Å².